The van der Waals surface area contributed by atoms with Crippen molar-refractivity contribution in [1.82, 2.24) is 9.97 Å². The van der Waals surface area contributed by atoms with Crippen molar-refractivity contribution in [3.05, 3.63) is 11.4 Å². The molecule has 92 valence electrons. The summed E-state index contributed by atoms with van der Waals surface area (Å²) in [5, 5.41) is 3.28. The zero-order valence-corrected chi connectivity index (χ0v) is 11.5. The molecule has 0 aliphatic rings. The minimum atomic E-state index is -2.94. The number of nitrogen functional groups attached to an aromatic ring is 1. The molecule has 0 radical (unpaired) electrons. The maximum Gasteiger partial charge on any atom is 0.190 e. The highest BCUT2D eigenvalue weighted by atomic mass is 32.2. The number of hydrogen-bond donors (Lipinski definition) is 1. The smallest absolute Gasteiger partial charge is 0.190 e. The molecule has 8 heteroatoms. The first-order valence-electron chi connectivity index (χ1n) is 4.77. The molecule has 0 fully saturated rings. The Morgan fingerprint density at radius 3 is 2.94 bits per heavy atom. The summed E-state index contributed by atoms with van der Waals surface area (Å²) in [4.78, 5) is 9.28. The molecule has 5 nitrogen and oxygen atoms in total. The van der Waals surface area contributed by atoms with Crippen LogP contribution in [0.1, 0.15) is 0 Å². The lowest BCUT2D eigenvalue weighted by Crippen LogP contribution is -2.05. The second-order valence-corrected chi connectivity index (χ2v) is 7.73. The number of anilines is 1. The highest BCUT2D eigenvalue weighted by Crippen LogP contribution is 2.26. The Morgan fingerprint density at radius 2 is 2.24 bits per heavy atom. The van der Waals surface area contributed by atoms with Gasteiger partial charge in [0.05, 0.1) is 11.1 Å². The Balaban J connectivity index is 2.14. The molecule has 0 bridgehead atoms. The van der Waals surface area contributed by atoms with E-state index in [0.29, 0.717) is 16.7 Å². The average molecular weight is 289 g/mol. The highest BCUT2D eigenvalue weighted by Gasteiger charge is 2.08. The molecule has 0 aromatic carbocycles. The van der Waals surface area contributed by atoms with E-state index in [9.17, 15) is 8.42 Å². The molecule has 0 aliphatic carbocycles. The third-order valence-electron chi connectivity index (χ3n) is 2.02. The Hall–Kier alpha value is -0.860. The van der Waals surface area contributed by atoms with Gasteiger partial charge in [0.2, 0.25) is 0 Å². The van der Waals surface area contributed by atoms with Crippen LogP contribution in [0.2, 0.25) is 0 Å². The predicted octanol–water partition coefficient (Wildman–Crippen LogP) is 1.41. The van der Waals surface area contributed by atoms with Crippen LogP contribution in [0, 0.1) is 0 Å². The van der Waals surface area contributed by atoms with Crippen LogP contribution < -0.4 is 5.73 Å². The summed E-state index contributed by atoms with van der Waals surface area (Å²) in [5.74, 6) is 0.997. The Morgan fingerprint density at radius 1 is 1.47 bits per heavy atom. The molecule has 0 unspecified atom stereocenters. The summed E-state index contributed by atoms with van der Waals surface area (Å²) in [6.45, 7) is 0. The lowest BCUT2D eigenvalue weighted by molar-refractivity contribution is 0.603. The number of nitrogens with zero attached hydrogens (tertiary/aromatic N) is 2. The standard InChI is InChI=1S/C9H11N3O2S3/c1-17(13,14)5-4-16-9-11-7(10)6-2-3-15-8(6)12-9/h2-3H,4-5H2,1H3,(H2,10,11,12). The van der Waals surface area contributed by atoms with Crippen molar-refractivity contribution in [2.75, 3.05) is 23.5 Å². The number of thioether (sulfide) groups is 1. The largest absolute Gasteiger partial charge is 0.383 e. The van der Waals surface area contributed by atoms with E-state index in [1.165, 1.54) is 29.4 Å². The minimum absolute atomic E-state index is 0.114. The number of thiophene rings is 1. The first kappa shape index (κ1) is 12.6. The molecule has 2 rings (SSSR count). The fourth-order valence-electron chi connectivity index (χ4n) is 1.21. The Bertz CT molecular complexity index is 636. The number of hydrogen-bond acceptors (Lipinski definition) is 7. The summed E-state index contributed by atoms with van der Waals surface area (Å²) in [6, 6.07) is 1.88. The summed E-state index contributed by atoms with van der Waals surface area (Å²) in [7, 11) is -2.94. The molecular weight excluding hydrogens is 278 g/mol. The minimum Gasteiger partial charge on any atom is -0.383 e. The third kappa shape index (κ3) is 3.30. The second kappa shape index (κ2) is 4.79. The van der Waals surface area contributed by atoms with Gasteiger partial charge < -0.3 is 5.73 Å². The van der Waals surface area contributed by atoms with Crippen LogP contribution in [0.5, 0.6) is 0 Å². The Kier molecular flexibility index (Phi) is 3.55. The van der Waals surface area contributed by atoms with Crippen molar-refractivity contribution in [2.45, 2.75) is 5.16 Å². The fraction of sp³-hybridized carbons (Fsp3) is 0.333. The van der Waals surface area contributed by atoms with E-state index < -0.39 is 9.84 Å². The summed E-state index contributed by atoms with van der Waals surface area (Å²) in [6.07, 6.45) is 1.21. The number of nitrogens with two attached hydrogens (primary N) is 1. The molecule has 0 aliphatic heterocycles. The van der Waals surface area contributed by atoms with Gasteiger partial charge in [-0.1, -0.05) is 11.8 Å². The maximum atomic E-state index is 11.0. The van der Waals surface area contributed by atoms with E-state index in [1.54, 1.807) is 0 Å². The van der Waals surface area contributed by atoms with Crippen molar-refractivity contribution >= 4 is 49.0 Å². The Labute approximate surface area is 107 Å². The number of fused-ring (bicyclic) bond motifs is 1. The van der Waals surface area contributed by atoms with Crippen LogP contribution in [-0.4, -0.2) is 36.1 Å². The predicted molar refractivity (Wildman–Crippen MR) is 72.3 cm³/mol. The van der Waals surface area contributed by atoms with Crippen LogP contribution in [-0.2, 0) is 9.84 Å². The molecule has 0 amide bonds. The van der Waals surface area contributed by atoms with Gasteiger partial charge in [0, 0.05) is 12.0 Å². The van der Waals surface area contributed by atoms with E-state index in [-0.39, 0.29) is 5.75 Å². The average Bonchev–Trinajstić information content (AvgIpc) is 2.64. The van der Waals surface area contributed by atoms with Crippen LogP contribution in [0.25, 0.3) is 10.2 Å². The van der Waals surface area contributed by atoms with Gasteiger partial charge in [-0.2, -0.15) is 0 Å². The van der Waals surface area contributed by atoms with E-state index in [4.69, 9.17) is 5.73 Å². The number of aromatic nitrogens is 2. The topological polar surface area (TPSA) is 85.9 Å². The maximum absolute atomic E-state index is 11.0. The van der Waals surface area contributed by atoms with Crippen molar-refractivity contribution in [3.8, 4) is 0 Å². The normalized spacial score (nSPS) is 12.1. The van der Waals surface area contributed by atoms with E-state index in [2.05, 4.69) is 9.97 Å². The van der Waals surface area contributed by atoms with E-state index in [1.807, 2.05) is 11.4 Å². The zero-order valence-electron chi connectivity index (χ0n) is 9.08. The second-order valence-electron chi connectivity index (χ2n) is 3.51. The monoisotopic (exact) mass is 289 g/mol. The fourth-order valence-corrected chi connectivity index (χ4v) is 4.08. The van der Waals surface area contributed by atoms with Gasteiger partial charge in [0.15, 0.2) is 5.16 Å². The molecule has 2 aromatic heterocycles. The molecule has 2 heterocycles. The third-order valence-corrected chi connectivity index (χ3v) is 4.88. The van der Waals surface area contributed by atoms with Crippen molar-refractivity contribution < 1.29 is 8.42 Å². The lowest BCUT2D eigenvalue weighted by atomic mass is 10.4. The van der Waals surface area contributed by atoms with Gasteiger partial charge >= 0.3 is 0 Å². The molecule has 0 atom stereocenters. The molecule has 0 spiro atoms. The molecule has 17 heavy (non-hydrogen) atoms. The zero-order chi connectivity index (χ0) is 12.5. The SMILES string of the molecule is CS(=O)(=O)CCSc1nc(N)c2ccsc2n1. The van der Waals surface area contributed by atoms with Gasteiger partial charge in [-0.05, 0) is 11.4 Å². The van der Waals surface area contributed by atoms with E-state index in [0.717, 1.165) is 10.2 Å². The van der Waals surface area contributed by atoms with Crippen LogP contribution in [0.3, 0.4) is 0 Å². The quantitative estimate of drug-likeness (QED) is 0.676. The number of rotatable bonds is 4. The first-order valence-corrected chi connectivity index (χ1v) is 8.69. The highest BCUT2D eigenvalue weighted by molar-refractivity contribution is 8.00. The summed E-state index contributed by atoms with van der Waals surface area (Å²) in [5.41, 5.74) is 5.78. The summed E-state index contributed by atoms with van der Waals surface area (Å²) < 4.78 is 22.0. The molecular formula is C9H11N3O2S3. The van der Waals surface area contributed by atoms with Gasteiger partial charge in [-0.3, -0.25) is 0 Å². The van der Waals surface area contributed by atoms with Gasteiger partial charge in [0.1, 0.15) is 20.5 Å². The van der Waals surface area contributed by atoms with E-state index >= 15 is 0 Å². The molecule has 2 aromatic rings. The van der Waals surface area contributed by atoms with Gasteiger partial charge in [0.25, 0.3) is 0 Å². The summed E-state index contributed by atoms with van der Waals surface area (Å²) >= 11 is 2.80. The first-order chi connectivity index (χ1) is 7.96. The lowest BCUT2D eigenvalue weighted by Gasteiger charge is -2.01. The van der Waals surface area contributed by atoms with Crippen molar-refractivity contribution in [2.24, 2.45) is 0 Å². The van der Waals surface area contributed by atoms with Crippen molar-refractivity contribution in [3.63, 3.8) is 0 Å². The molecule has 2 N–H and O–H groups in total. The number of sulfone groups is 1. The molecule has 0 saturated carbocycles. The molecule has 0 saturated heterocycles. The van der Waals surface area contributed by atoms with Gasteiger partial charge in [-0.25, -0.2) is 18.4 Å². The van der Waals surface area contributed by atoms with Crippen molar-refractivity contribution in [1.29, 1.82) is 0 Å². The van der Waals surface area contributed by atoms with Crippen LogP contribution >= 0.6 is 23.1 Å². The van der Waals surface area contributed by atoms with Crippen LogP contribution in [0.4, 0.5) is 5.82 Å². The van der Waals surface area contributed by atoms with Crippen LogP contribution in [0.15, 0.2) is 16.6 Å². The van der Waals surface area contributed by atoms with Gasteiger partial charge in [-0.15, -0.1) is 11.3 Å².